The van der Waals surface area contributed by atoms with Crippen molar-refractivity contribution in [1.82, 2.24) is 4.72 Å². The van der Waals surface area contributed by atoms with Crippen LogP contribution in [0.5, 0.6) is 0 Å². The van der Waals surface area contributed by atoms with Gasteiger partial charge in [-0.2, -0.15) is 0 Å². The minimum Gasteiger partial charge on any atom is -0.315 e. The van der Waals surface area contributed by atoms with Crippen LogP contribution in [-0.2, 0) is 33.5 Å². The van der Waals surface area contributed by atoms with Gasteiger partial charge in [0.1, 0.15) is 5.82 Å². The first-order chi connectivity index (χ1) is 11.3. The molecule has 0 aromatic heterocycles. The van der Waals surface area contributed by atoms with E-state index in [4.69, 9.17) is 0 Å². The first-order valence-corrected chi connectivity index (χ1v) is 9.09. The number of nitrogens with zero attached hydrogens (tertiary/aromatic N) is 1. The highest BCUT2D eigenvalue weighted by atomic mass is 32.2. The number of anilines is 1. The maximum atomic E-state index is 12.9. The van der Waals surface area contributed by atoms with Crippen LogP contribution >= 0.6 is 0 Å². The van der Waals surface area contributed by atoms with Gasteiger partial charge in [-0.3, -0.25) is 4.79 Å². The third kappa shape index (κ3) is 3.63. The number of hydrogen-bond donors (Lipinski definition) is 1. The number of benzene rings is 2. The van der Waals surface area contributed by atoms with Crippen molar-refractivity contribution in [2.75, 3.05) is 11.9 Å². The van der Waals surface area contributed by atoms with Crippen LogP contribution in [0.15, 0.2) is 42.5 Å². The van der Waals surface area contributed by atoms with Gasteiger partial charge >= 0.3 is 0 Å². The molecule has 1 aliphatic heterocycles. The molecule has 1 aliphatic rings. The lowest BCUT2D eigenvalue weighted by Gasteiger charge is -2.11. The van der Waals surface area contributed by atoms with Gasteiger partial charge in [-0.25, -0.2) is 17.5 Å². The number of sulfonamides is 1. The van der Waals surface area contributed by atoms with Gasteiger partial charge in [0.2, 0.25) is 15.9 Å². The number of rotatable bonds is 5. The lowest BCUT2D eigenvalue weighted by atomic mass is 10.1. The molecule has 0 fully saturated rings. The van der Waals surface area contributed by atoms with E-state index in [2.05, 4.69) is 4.72 Å². The summed E-state index contributed by atoms with van der Waals surface area (Å²) in [7, 11) is -1.81. The molecule has 24 heavy (non-hydrogen) atoms. The van der Waals surface area contributed by atoms with Crippen molar-refractivity contribution in [3.8, 4) is 0 Å². The molecule has 7 heteroatoms. The van der Waals surface area contributed by atoms with Gasteiger partial charge < -0.3 is 4.90 Å². The van der Waals surface area contributed by atoms with E-state index in [1.54, 1.807) is 18.0 Å². The first kappa shape index (κ1) is 16.6. The fourth-order valence-corrected chi connectivity index (χ4v) is 3.80. The predicted octanol–water partition coefficient (Wildman–Crippen LogP) is 1.96. The van der Waals surface area contributed by atoms with E-state index in [0.29, 0.717) is 12.0 Å². The molecule has 0 spiro atoms. The van der Waals surface area contributed by atoms with Crippen molar-refractivity contribution in [2.24, 2.45) is 0 Å². The number of likely N-dealkylation sites (N-methyl/N-ethyl adjacent to an activating group) is 1. The lowest BCUT2D eigenvalue weighted by molar-refractivity contribution is -0.117. The molecule has 1 heterocycles. The molecular formula is C17H17FN2O3S. The standard InChI is InChI=1S/C17H17FN2O3S/c1-20-16-7-4-13(8-14(16)9-17(20)21)10-19-24(22,23)11-12-2-5-15(18)6-3-12/h2-8,19H,9-11H2,1H3. The molecule has 0 radical (unpaired) electrons. The summed E-state index contributed by atoms with van der Waals surface area (Å²) in [4.78, 5) is 13.3. The van der Waals surface area contributed by atoms with Gasteiger partial charge in [-0.1, -0.05) is 24.3 Å². The fourth-order valence-electron chi connectivity index (χ4n) is 2.68. The smallest absolute Gasteiger partial charge is 0.231 e. The number of fused-ring (bicyclic) bond motifs is 1. The molecule has 0 saturated carbocycles. The summed E-state index contributed by atoms with van der Waals surface area (Å²) < 4.78 is 39.7. The maximum Gasteiger partial charge on any atom is 0.231 e. The topological polar surface area (TPSA) is 66.5 Å². The minimum absolute atomic E-state index is 0.0269. The van der Waals surface area contributed by atoms with Gasteiger partial charge in [-0.15, -0.1) is 0 Å². The maximum absolute atomic E-state index is 12.9. The highest BCUT2D eigenvalue weighted by Gasteiger charge is 2.24. The van der Waals surface area contributed by atoms with Gasteiger partial charge in [0.15, 0.2) is 0 Å². The number of halogens is 1. The van der Waals surface area contributed by atoms with Crippen LogP contribution in [0.4, 0.5) is 10.1 Å². The lowest BCUT2D eigenvalue weighted by Crippen LogP contribution is -2.24. The SMILES string of the molecule is CN1C(=O)Cc2cc(CNS(=O)(=O)Cc3ccc(F)cc3)ccc21. The average Bonchev–Trinajstić information content (AvgIpc) is 2.82. The molecule has 0 bridgehead atoms. The Kier molecular flexibility index (Phi) is 4.38. The molecule has 5 nitrogen and oxygen atoms in total. The van der Waals surface area contributed by atoms with E-state index < -0.39 is 15.8 Å². The highest BCUT2D eigenvalue weighted by molar-refractivity contribution is 7.88. The van der Waals surface area contributed by atoms with E-state index >= 15 is 0 Å². The van der Waals surface area contributed by atoms with Crippen molar-refractivity contribution in [3.63, 3.8) is 0 Å². The Morgan fingerprint density at radius 1 is 1.12 bits per heavy atom. The van der Waals surface area contributed by atoms with E-state index in [9.17, 15) is 17.6 Å². The third-order valence-corrected chi connectivity index (χ3v) is 5.28. The van der Waals surface area contributed by atoms with Gasteiger partial charge in [-0.05, 0) is 34.9 Å². The Morgan fingerprint density at radius 3 is 2.50 bits per heavy atom. The zero-order chi connectivity index (χ0) is 17.3. The van der Waals surface area contributed by atoms with Crippen molar-refractivity contribution < 1.29 is 17.6 Å². The summed E-state index contributed by atoms with van der Waals surface area (Å²) in [5, 5.41) is 0. The molecule has 0 atom stereocenters. The highest BCUT2D eigenvalue weighted by Crippen LogP contribution is 2.28. The summed E-state index contributed by atoms with van der Waals surface area (Å²) >= 11 is 0. The van der Waals surface area contributed by atoms with Gasteiger partial charge in [0.05, 0.1) is 12.2 Å². The first-order valence-electron chi connectivity index (χ1n) is 7.44. The van der Waals surface area contributed by atoms with Gasteiger partial charge in [0, 0.05) is 19.3 Å². The summed E-state index contributed by atoms with van der Waals surface area (Å²) in [6.07, 6.45) is 0.335. The molecule has 2 aromatic rings. The normalized spacial score (nSPS) is 14.1. The van der Waals surface area contributed by atoms with E-state index in [-0.39, 0.29) is 18.2 Å². The van der Waals surface area contributed by atoms with Crippen LogP contribution in [0.3, 0.4) is 0 Å². The third-order valence-electron chi connectivity index (χ3n) is 3.99. The van der Waals surface area contributed by atoms with E-state index in [1.807, 2.05) is 12.1 Å². The Balaban J connectivity index is 1.66. The second-order valence-electron chi connectivity index (χ2n) is 5.80. The number of carbonyl (C=O) groups is 1. The zero-order valence-corrected chi connectivity index (χ0v) is 13.9. The van der Waals surface area contributed by atoms with Crippen LogP contribution in [-0.4, -0.2) is 21.4 Å². The summed E-state index contributed by atoms with van der Waals surface area (Å²) in [5.41, 5.74) is 3.07. The molecule has 2 aromatic carbocycles. The summed E-state index contributed by atoms with van der Waals surface area (Å²) in [6, 6.07) is 10.8. The Bertz CT molecular complexity index is 879. The number of carbonyl (C=O) groups excluding carboxylic acids is 1. The van der Waals surface area contributed by atoms with E-state index in [0.717, 1.165) is 16.8 Å². The van der Waals surface area contributed by atoms with Crippen LogP contribution in [0.2, 0.25) is 0 Å². The average molecular weight is 348 g/mol. The fraction of sp³-hybridized carbons (Fsp3) is 0.235. The van der Waals surface area contributed by atoms with Crippen molar-refractivity contribution >= 4 is 21.6 Å². The number of nitrogens with one attached hydrogen (secondary N) is 1. The molecule has 0 saturated heterocycles. The van der Waals surface area contributed by atoms with Gasteiger partial charge in [0.25, 0.3) is 0 Å². The van der Waals surface area contributed by atoms with Crippen LogP contribution < -0.4 is 9.62 Å². The largest absolute Gasteiger partial charge is 0.315 e. The van der Waals surface area contributed by atoms with Crippen LogP contribution in [0.1, 0.15) is 16.7 Å². The van der Waals surface area contributed by atoms with E-state index in [1.165, 1.54) is 24.3 Å². The number of amides is 1. The summed E-state index contributed by atoms with van der Waals surface area (Å²) in [5.74, 6) is -0.583. The zero-order valence-electron chi connectivity index (χ0n) is 13.1. The molecule has 1 N–H and O–H groups in total. The Morgan fingerprint density at radius 2 is 1.79 bits per heavy atom. The molecule has 126 valence electrons. The van der Waals surface area contributed by atoms with Crippen molar-refractivity contribution in [1.29, 1.82) is 0 Å². The van der Waals surface area contributed by atoms with Crippen LogP contribution in [0, 0.1) is 5.82 Å². The molecule has 0 unspecified atom stereocenters. The molecule has 0 aliphatic carbocycles. The Hall–Kier alpha value is -2.25. The van der Waals surface area contributed by atoms with Crippen molar-refractivity contribution in [2.45, 2.75) is 18.7 Å². The quantitative estimate of drug-likeness (QED) is 0.898. The van der Waals surface area contributed by atoms with Crippen LogP contribution in [0.25, 0.3) is 0 Å². The summed E-state index contributed by atoms with van der Waals surface area (Å²) in [6.45, 7) is 0.148. The monoisotopic (exact) mass is 348 g/mol. The predicted molar refractivity (Wildman–Crippen MR) is 89.4 cm³/mol. The second-order valence-corrected chi connectivity index (χ2v) is 7.61. The molecular weight excluding hydrogens is 331 g/mol. The minimum atomic E-state index is -3.53. The Labute approximate surface area is 140 Å². The molecule has 3 rings (SSSR count). The molecule has 1 amide bonds. The van der Waals surface area contributed by atoms with Crippen molar-refractivity contribution in [3.05, 3.63) is 65.0 Å². The number of hydrogen-bond acceptors (Lipinski definition) is 3. The second kappa shape index (κ2) is 6.33.